The minimum absolute atomic E-state index is 0.781. The fraction of sp³-hybridized carbons (Fsp3) is 0.259. The summed E-state index contributed by atoms with van der Waals surface area (Å²) >= 11 is 0. The fourth-order valence-corrected chi connectivity index (χ4v) is 4.03. The van der Waals surface area contributed by atoms with E-state index in [2.05, 4.69) is 104 Å². The highest BCUT2D eigenvalue weighted by Gasteiger charge is 2.08. The average molecular weight is 439 g/mol. The highest BCUT2D eigenvalue weighted by molar-refractivity contribution is 6.00. The Hall–Kier alpha value is -3.80. The van der Waals surface area contributed by atoms with Gasteiger partial charge in [0, 0.05) is 55.2 Å². The van der Waals surface area contributed by atoms with Crippen molar-refractivity contribution in [3.05, 3.63) is 95.1 Å². The highest BCUT2D eigenvalue weighted by atomic mass is 15.1. The molecule has 0 bridgehead atoms. The number of nitrogens with one attached hydrogen (secondary N) is 4. The maximum absolute atomic E-state index is 4.57. The van der Waals surface area contributed by atoms with Gasteiger partial charge in [0.25, 0.3) is 0 Å². The van der Waals surface area contributed by atoms with Gasteiger partial charge in [-0.25, -0.2) is 0 Å². The van der Waals surface area contributed by atoms with Crippen LogP contribution in [0.25, 0.3) is 0 Å². The molecule has 0 saturated heterocycles. The summed E-state index contributed by atoms with van der Waals surface area (Å²) in [5, 5.41) is 13.8. The monoisotopic (exact) mass is 438 g/mol. The molecule has 2 aliphatic heterocycles. The molecule has 6 heteroatoms. The van der Waals surface area contributed by atoms with E-state index in [1.807, 2.05) is 0 Å². The van der Waals surface area contributed by atoms with Crippen LogP contribution in [-0.4, -0.2) is 37.9 Å². The van der Waals surface area contributed by atoms with Crippen LogP contribution in [0.4, 0.5) is 11.4 Å². The summed E-state index contributed by atoms with van der Waals surface area (Å²) < 4.78 is 0. The van der Waals surface area contributed by atoms with Gasteiger partial charge in [0.05, 0.1) is 6.54 Å². The maximum Gasteiger partial charge on any atom is 0.128 e. The van der Waals surface area contributed by atoms with E-state index >= 15 is 0 Å². The third-order valence-electron chi connectivity index (χ3n) is 5.88. The molecule has 0 atom stereocenters. The van der Waals surface area contributed by atoms with E-state index in [1.54, 1.807) is 0 Å². The number of rotatable bonds is 8. The minimum atomic E-state index is 0.781. The standard InChI is InChI=1S/C27H30N6/c1-3-24(32-18-20-5-9-22(10-6-20)26-28-13-2-14-29-26)17-25(4-1)33-19-21-7-11-23(12-8-21)27-30-15-16-31-27/h1,3-12,17,32-33H,2,13-16,18-19H2,(H,28,29)(H,30,31). The van der Waals surface area contributed by atoms with E-state index < -0.39 is 0 Å². The van der Waals surface area contributed by atoms with Gasteiger partial charge >= 0.3 is 0 Å². The number of hydrogen-bond acceptors (Lipinski definition) is 6. The molecule has 0 radical (unpaired) electrons. The highest BCUT2D eigenvalue weighted by Crippen LogP contribution is 2.18. The second kappa shape index (κ2) is 10.2. The number of hydrogen-bond donors (Lipinski definition) is 4. The molecule has 0 unspecified atom stereocenters. The maximum atomic E-state index is 4.57. The summed E-state index contributed by atoms with van der Waals surface area (Å²) in [5.74, 6) is 2.01. The first-order valence-corrected chi connectivity index (χ1v) is 11.7. The molecule has 0 saturated carbocycles. The van der Waals surface area contributed by atoms with Gasteiger partial charge in [0.15, 0.2) is 0 Å². The van der Waals surface area contributed by atoms with Crippen LogP contribution in [0, 0.1) is 0 Å². The summed E-state index contributed by atoms with van der Waals surface area (Å²) in [4.78, 5) is 9.05. The van der Waals surface area contributed by atoms with Crippen molar-refractivity contribution >= 4 is 23.0 Å². The van der Waals surface area contributed by atoms with Crippen LogP contribution in [0.15, 0.2) is 82.8 Å². The molecule has 0 aliphatic carbocycles. The molecule has 4 N–H and O–H groups in total. The average Bonchev–Trinajstić information content (AvgIpc) is 3.43. The number of amidine groups is 2. The summed E-state index contributed by atoms with van der Waals surface area (Å²) in [6.45, 7) is 5.27. The first-order chi connectivity index (χ1) is 16.3. The van der Waals surface area contributed by atoms with E-state index in [4.69, 9.17) is 0 Å². The van der Waals surface area contributed by atoms with E-state index in [0.717, 1.165) is 79.9 Å². The van der Waals surface area contributed by atoms with E-state index in [0.29, 0.717) is 0 Å². The van der Waals surface area contributed by atoms with Gasteiger partial charge in [0.2, 0.25) is 0 Å². The SMILES string of the molecule is c1cc(NCc2ccc(C3=NCCCN3)cc2)cc(NCc2ccc(C3=NCCN3)cc2)c1. The lowest BCUT2D eigenvalue weighted by atomic mass is 10.1. The van der Waals surface area contributed by atoms with Crippen LogP contribution in [-0.2, 0) is 13.1 Å². The van der Waals surface area contributed by atoms with Gasteiger partial charge < -0.3 is 21.3 Å². The van der Waals surface area contributed by atoms with Crippen LogP contribution in [0.3, 0.4) is 0 Å². The van der Waals surface area contributed by atoms with Crippen molar-refractivity contribution in [3.63, 3.8) is 0 Å². The quantitative estimate of drug-likeness (QED) is 0.429. The van der Waals surface area contributed by atoms with E-state index in [-0.39, 0.29) is 0 Å². The van der Waals surface area contributed by atoms with Crippen molar-refractivity contribution in [1.29, 1.82) is 0 Å². The van der Waals surface area contributed by atoms with Gasteiger partial charge in [0.1, 0.15) is 11.7 Å². The van der Waals surface area contributed by atoms with Gasteiger partial charge in [-0.1, -0.05) is 54.6 Å². The summed E-state index contributed by atoms with van der Waals surface area (Å²) in [7, 11) is 0. The topological polar surface area (TPSA) is 72.8 Å². The first kappa shape index (κ1) is 21.1. The molecule has 0 amide bonds. The molecule has 2 aliphatic rings. The lowest BCUT2D eigenvalue weighted by molar-refractivity contribution is 0.742. The Morgan fingerprint density at radius 3 is 1.67 bits per heavy atom. The van der Waals surface area contributed by atoms with Crippen LogP contribution in [0.2, 0.25) is 0 Å². The zero-order chi connectivity index (χ0) is 22.3. The smallest absolute Gasteiger partial charge is 0.128 e. The largest absolute Gasteiger partial charge is 0.381 e. The molecular weight excluding hydrogens is 408 g/mol. The molecule has 2 heterocycles. The first-order valence-electron chi connectivity index (χ1n) is 11.7. The van der Waals surface area contributed by atoms with Crippen LogP contribution in [0.1, 0.15) is 28.7 Å². The summed E-state index contributed by atoms with van der Waals surface area (Å²) in [6, 6.07) is 25.6. The van der Waals surface area contributed by atoms with Crippen molar-refractivity contribution in [3.8, 4) is 0 Å². The molecule has 0 spiro atoms. The molecule has 168 valence electrons. The Morgan fingerprint density at radius 2 is 1.18 bits per heavy atom. The Bertz CT molecular complexity index is 1130. The molecule has 3 aromatic carbocycles. The van der Waals surface area contributed by atoms with Gasteiger partial charge in [-0.2, -0.15) is 0 Å². The third kappa shape index (κ3) is 5.52. The number of nitrogens with zero attached hydrogens (tertiary/aromatic N) is 2. The van der Waals surface area contributed by atoms with Gasteiger partial charge in [-0.05, 0) is 35.7 Å². The molecule has 6 nitrogen and oxygen atoms in total. The van der Waals surface area contributed by atoms with E-state index in [1.165, 1.54) is 11.1 Å². The van der Waals surface area contributed by atoms with Crippen molar-refractivity contribution < 1.29 is 0 Å². The zero-order valence-corrected chi connectivity index (χ0v) is 18.8. The van der Waals surface area contributed by atoms with E-state index in [9.17, 15) is 0 Å². The predicted octanol–water partition coefficient (Wildman–Crippen LogP) is 4.00. The van der Waals surface area contributed by atoms with Crippen molar-refractivity contribution in [2.45, 2.75) is 19.5 Å². The lowest BCUT2D eigenvalue weighted by Crippen LogP contribution is -2.30. The molecule has 0 fully saturated rings. The minimum Gasteiger partial charge on any atom is -0.381 e. The number of benzene rings is 3. The second-order valence-corrected chi connectivity index (χ2v) is 8.35. The predicted molar refractivity (Wildman–Crippen MR) is 137 cm³/mol. The molecule has 33 heavy (non-hydrogen) atoms. The summed E-state index contributed by atoms with van der Waals surface area (Å²) in [6.07, 6.45) is 1.11. The molecule has 3 aromatic rings. The third-order valence-corrected chi connectivity index (χ3v) is 5.88. The Balaban J connectivity index is 1.14. The van der Waals surface area contributed by atoms with Crippen molar-refractivity contribution in [1.82, 2.24) is 10.6 Å². The van der Waals surface area contributed by atoms with Crippen LogP contribution < -0.4 is 21.3 Å². The van der Waals surface area contributed by atoms with Gasteiger partial charge in [-0.3, -0.25) is 9.98 Å². The number of aliphatic imine (C=N–C) groups is 2. The lowest BCUT2D eigenvalue weighted by Gasteiger charge is -2.15. The molecule has 5 rings (SSSR count). The Labute approximate surface area is 195 Å². The molecular formula is C27H30N6. The summed E-state index contributed by atoms with van der Waals surface area (Å²) in [5.41, 5.74) is 7.00. The fourth-order valence-electron chi connectivity index (χ4n) is 4.03. The second-order valence-electron chi connectivity index (χ2n) is 8.35. The molecule has 0 aromatic heterocycles. The zero-order valence-electron chi connectivity index (χ0n) is 18.8. The van der Waals surface area contributed by atoms with Crippen molar-refractivity contribution in [2.24, 2.45) is 9.98 Å². The number of anilines is 2. The normalized spacial score (nSPS) is 15.2. The van der Waals surface area contributed by atoms with Gasteiger partial charge in [-0.15, -0.1) is 0 Å². The Kier molecular flexibility index (Phi) is 6.52. The van der Waals surface area contributed by atoms with Crippen molar-refractivity contribution in [2.75, 3.05) is 36.8 Å². The van der Waals surface area contributed by atoms with Crippen LogP contribution in [0.5, 0.6) is 0 Å². The van der Waals surface area contributed by atoms with Crippen LogP contribution >= 0.6 is 0 Å². The Morgan fingerprint density at radius 1 is 0.636 bits per heavy atom.